The number of likely N-dealkylation sites (tertiary alicyclic amines) is 1. The fourth-order valence-corrected chi connectivity index (χ4v) is 2.60. The second-order valence-corrected chi connectivity index (χ2v) is 4.84. The second kappa shape index (κ2) is 5.54. The predicted octanol–water partition coefficient (Wildman–Crippen LogP) is 2.04. The van der Waals surface area contributed by atoms with Gasteiger partial charge in [0, 0.05) is 31.7 Å². The lowest BCUT2D eigenvalue weighted by Gasteiger charge is -2.27. The van der Waals surface area contributed by atoms with Gasteiger partial charge >= 0.3 is 0 Å². The third-order valence-corrected chi connectivity index (χ3v) is 3.61. The first-order chi connectivity index (χ1) is 8.22. The van der Waals surface area contributed by atoms with E-state index in [1.807, 2.05) is 11.9 Å². The van der Waals surface area contributed by atoms with Gasteiger partial charge in [0.15, 0.2) is 0 Å². The van der Waals surface area contributed by atoms with Gasteiger partial charge < -0.3 is 4.90 Å². The Bertz CT molecular complexity index is 391. The van der Waals surface area contributed by atoms with Gasteiger partial charge in [-0.05, 0) is 18.9 Å². The molecule has 1 aromatic heterocycles. The molecule has 94 valence electrons. The van der Waals surface area contributed by atoms with Gasteiger partial charge in [0.2, 0.25) is 0 Å². The molecular formula is C12H18ClN3O. The molecule has 1 atom stereocenters. The molecule has 1 fully saturated rings. The average molecular weight is 256 g/mol. The summed E-state index contributed by atoms with van der Waals surface area (Å²) in [6.07, 6.45) is 6.19. The molecule has 17 heavy (non-hydrogen) atoms. The molecule has 0 aliphatic carbocycles. The highest BCUT2D eigenvalue weighted by atomic mass is 35.5. The van der Waals surface area contributed by atoms with Gasteiger partial charge in [-0.2, -0.15) is 5.10 Å². The van der Waals surface area contributed by atoms with Crippen LogP contribution in [-0.4, -0.2) is 39.1 Å². The number of hydrogen-bond acceptors (Lipinski definition) is 2. The maximum Gasteiger partial charge on any atom is 0.274 e. The summed E-state index contributed by atoms with van der Waals surface area (Å²) in [5.74, 6) is 0.525. The van der Waals surface area contributed by atoms with Gasteiger partial charge in [-0.15, -0.1) is 11.6 Å². The van der Waals surface area contributed by atoms with E-state index in [0.29, 0.717) is 11.6 Å². The topological polar surface area (TPSA) is 38.1 Å². The molecule has 0 N–H and O–H groups in total. The molecular weight excluding hydrogens is 238 g/mol. The molecule has 1 amide bonds. The van der Waals surface area contributed by atoms with Gasteiger partial charge in [0.25, 0.3) is 5.91 Å². The molecule has 5 heteroatoms. The van der Waals surface area contributed by atoms with Gasteiger partial charge in [0.05, 0.1) is 0 Å². The van der Waals surface area contributed by atoms with Gasteiger partial charge in [-0.25, -0.2) is 0 Å². The zero-order chi connectivity index (χ0) is 12.3. The molecule has 1 aliphatic heterocycles. The maximum atomic E-state index is 12.3. The summed E-state index contributed by atoms with van der Waals surface area (Å²) in [6.45, 7) is 0.798. The van der Waals surface area contributed by atoms with E-state index < -0.39 is 0 Å². The van der Waals surface area contributed by atoms with Crippen LogP contribution in [0.3, 0.4) is 0 Å². The van der Waals surface area contributed by atoms with E-state index >= 15 is 0 Å². The summed E-state index contributed by atoms with van der Waals surface area (Å²) in [5.41, 5.74) is 0.518. The van der Waals surface area contributed by atoms with E-state index in [9.17, 15) is 4.79 Å². The zero-order valence-electron chi connectivity index (χ0n) is 10.1. The van der Waals surface area contributed by atoms with Crippen molar-refractivity contribution >= 4 is 17.5 Å². The normalized spacial score (nSPS) is 21.3. The van der Waals surface area contributed by atoms with Gasteiger partial charge in [-0.3, -0.25) is 9.48 Å². The number of aryl methyl sites for hydroxylation is 1. The first-order valence-electron chi connectivity index (χ1n) is 6.09. The van der Waals surface area contributed by atoms with Crippen molar-refractivity contribution < 1.29 is 4.79 Å². The van der Waals surface area contributed by atoms with Crippen molar-refractivity contribution in [1.82, 2.24) is 14.7 Å². The molecule has 2 heterocycles. The molecule has 1 aliphatic rings. The van der Waals surface area contributed by atoms with E-state index in [0.717, 1.165) is 25.8 Å². The number of rotatable bonds is 2. The van der Waals surface area contributed by atoms with Crippen LogP contribution in [0.1, 0.15) is 36.2 Å². The van der Waals surface area contributed by atoms with Crippen LogP contribution in [0.5, 0.6) is 0 Å². The molecule has 0 radical (unpaired) electrons. The Kier molecular flexibility index (Phi) is 4.05. The quantitative estimate of drug-likeness (QED) is 0.759. The lowest BCUT2D eigenvalue weighted by atomic mass is 10.1. The molecule has 2 rings (SSSR count). The van der Waals surface area contributed by atoms with Crippen molar-refractivity contribution in [3.63, 3.8) is 0 Å². The van der Waals surface area contributed by atoms with Crippen LogP contribution >= 0.6 is 11.6 Å². The smallest absolute Gasteiger partial charge is 0.274 e. The Morgan fingerprint density at radius 1 is 1.53 bits per heavy atom. The van der Waals surface area contributed by atoms with Crippen molar-refractivity contribution in [3.8, 4) is 0 Å². The summed E-state index contributed by atoms with van der Waals surface area (Å²) in [6, 6.07) is 1.92. The first kappa shape index (κ1) is 12.4. The van der Waals surface area contributed by atoms with Crippen LogP contribution in [0.4, 0.5) is 0 Å². The minimum Gasteiger partial charge on any atom is -0.333 e. The summed E-state index contributed by atoms with van der Waals surface area (Å²) in [5, 5.41) is 4.17. The lowest BCUT2D eigenvalue weighted by molar-refractivity contribution is 0.0693. The molecule has 1 saturated heterocycles. The van der Waals surface area contributed by atoms with Crippen LogP contribution in [-0.2, 0) is 7.05 Å². The molecule has 0 saturated carbocycles. The largest absolute Gasteiger partial charge is 0.333 e. The number of amides is 1. The van der Waals surface area contributed by atoms with Crippen LogP contribution in [0, 0.1) is 0 Å². The number of carbonyl (C=O) groups excluding carboxylic acids is 1. The molecule has 4 nitrogen and oxygen atoms in total. The number of aromatic nitrogens is 2. The number of nitrogens with zero attached hydrogens (tertiary/aromatic N) is 3. The van der Waals surface area contributed by atoms with Crippen molar-refractivity contribution in [2.45, 2.75) is 31.7 Å². The Morgan fingerprint density at radius 2 is 2.35 bits per heavy atom. The van der Waals surface area contributed by atoms with E-state index in [4.69, 9.17) is 11.6 Å². The van der Waals surface area contributed by atoms with Crippen molar-refractivity contribution in [2.75, 3.05) is 12.4 Å². The number of carbonyl (C=O) groups is 1. The second-order valence-electron chi connectivity index (χ2n) is 4.53. The minimum absolute atomic E-state index is 0.0122. The number of halogens is 1. The summed E-state index contributed by atoms with van der Waals surface area (Å²) in [7, 11) is 1.82. The fraction of sp³-hybridized carbons (Fsp3) is 0.667. The average Bonchev–Trinajstić information content (AvgIpc) is 2.64. The zero-order valence-corrected chi connectivity index (χ0v) is 10.9. The monoisotopic (exact) mass is 255 g/mol. The van der Waals surface area contributed by atoms with Crippen molar-refractivity contribution in [1.29, 1.82) is 0 Å². The van der Waals surface area contributed by atoms with Crippen molar-refractivity contribution in [3.05, 3.63) is 18.0 Å². The van der Waals surface area contributed by atoms with E-state index in [1.165, 1.54) is 6.42 Å². The summed E-state index contributed by atoms with van der Waals surface area (Å²) < 4.78 is 1.65. The maximum absolute atomic E-state index is 12.3. The molecule has 0 aromatic carbocycles. The van der Waals surface area contributed by atoms with Crippen LogP contribution in [0.2, 0.25) is 0 Å². The lowest BCUT2D eigenvalue weighted by Crippen LogP contribution is -2.41. The number of hydrogen-bond donors (Lipinski definition) is 0. The Labute approximate surface area is 107 Å². The highest BCUT2D eigenvalue weighted by Crippen LogP contribution is 2.19. The van der Waals surface area contributed by atoms with E-state index in [1.54, 1.807) is 16.9 Å². The summed E-state index contributed by atoms with van der Waals surface area (Å²) >= 11 is 5.96. The summed E-state index contributed by atoms with van der Waals surface area (Å²) in [4.78, 5) is 14.2. The molecule has 1 aromatic rings. The molecule has 1 unspecified atom stereocenters. The SMILES string of the molecule is Cn1ccc(C(=O)N2CCCCCC2CCl)n1. The van der Waals surface area contributed by atoms with Crippen LogP contribution in [0.25, 0.3) is 0 Å². The van der Waals surface area contributed by atoms with E-state index in [-0.39, 0.29) is 11.9 Å². The fourth-order valence-electron chi connectivity index (χ4n) is 2.28. The predicted molar refractivity (Wildman–Crippen MR) is 67.2 cm³/mol. The van der Waals surface area contributed by atoms with Gasteiger partial charge in [0.1, 0.15) is 5.69 Å². The first-order valence-corrected chi connectivity index (χ1v) is 6.62. The molecule has 0 bridgehead atoms. The molecule has 0 spiro atoms. The highest BCUT2D eigenvalue weighted by molar-refractivity contribution is 6.18. The highest BCUT2D eigenvalue weighted by Gasteiger charge is 2.26. The van der Waals surface area contributed by atoms with Crippen LogP contribution in [0.15, 0.2) is 12.3 Å². The van der Waals surface area contributed by atoms with Crippen LogP contribution < -0.4 is 0 Å². The third kappa shape index (κ3) is 2.80. The van der Waals surface area contributed by atoms with Gasteiger partial charge in [-0.1, -0.05) is 12.8 Å². The Morgan fingerprint density at radius 3 is 3.00 bits per heavy atom. The number of alkyl halides is 1. The third-order valence-electron chi connectivity index (χ3n) is 3.25. The minimum atomic E-state index is 0.0122. The van der Waals surface area contributed by atoms with E-state index in [2.05, 4.69) is 5.10 Å². The Hall–Kier alpha value is -1.03. The van der Waals surface area contributed by atoms with Crippen molar-refractivity contribution in [2.24, 2.45) is 7.05 Å². The Balaban J connectivity index is 2.15. The standard InChI is InChI=1S/C12H18ClN3O/c1-15-8-6-11(14-15)12(17)16-7-4-2-3-5-10(16)9-13/h6,8,10H,2-5,7,9H2,1H3.